The highest BCUT2D eigenvalue weighted by Crippen LogP contribution is 2.29. The largest absolute Gasteiger partial charge is 0.494 e. The third-order valence-electron chi connectivity index (χ3n) is 3.26. The van der Waals surface area contributed by atoms with Crippen molar-refractivity contribution in [1.82, 2.24) is 10.3 Å². The van der Waals surface area contributed by atoms with Crippen molar-refractivity contribution in [1.29, 1.82) is 0 Å². The molecule has 0 bridgehead atoms. The van der Waals surface area contributed by atoms with Gasteiger partial charge in [0, 0.05) is 11.8 Å². The van der Waals surface area contributed by atoms with Crippen LogP contribution in [-0.4, -0.2) is 18.6 Å². The Morgan fingerprint density at radius 2 is 2.10 bits per heavy atom. The van der Waals surface area contributed by atoms with Gasteiger partial charge in [0.1, 0.15) is 0 Å². The van der Waals surface area contributed by atoms with Crippen LogP contribution in [0.4, 0.5) is 4.39 Å². The van der Waals surface area contributed by atoms with Gasteiger partial charge in [-0.2, -0.15) is 0 Å². The number of nitrogens with zero attached hydrogens (tertiary/aromatic N) is 1. The zero-order valence-electron chi connectivity index (χ0n) is 12.0. The average Bonchev–Trinajstić information content (AvgIpc) is 2.46. The minimum atomic E-state index is -0.342. The van der Waals surface area contributed by atoms with E-state index >= 15 is 0 Å². The maximum atomic E-state index is 14.5. The van der Waals surface area contributed by atoms with Crippen LogP contribution in [0.15, 0.2) is 36.5 Å². The van der Waals surface area contributed by atoms with Crippen molar-refractivity contribution in [2.75, 3.05) is 13.7 Å². The van der Waals surface area contributed by atoms with Gasteiger partial charge < -0.3 is 10.1 Å². The number of methoxy groups -OCH3 is 1. The molecule has 1 N–H and O–H groups in total. The quantitative estimate of drug-likeness (QED) is 0.909. The molecule has 0 radical (unpaired) electrons. The highest BCUT2D eigenvalue weighted by Gasteiger charge is 2.21. The molecule has 0 aliphatic carbocycles. The SMILES string of the molecule is CCNC(c1cccc(OC)c1F)c1ncccc1C. The first-order valence-electron chi connectivity index (χ1n) is 6.66. The van der Waals surface area contributed by atoms with Crippen LogP contribution < -0.4 is 10.1 Å². The second kappa shape index (κ2) is 6.48. The number of hydrogen-bond donors (Lipinski definition) is 1. The van der Waals surface area contributed by atoms with Gasteiger partial charge in [-0.15, -0.1) is 0 Å². The summed E-state index contributed by atoms with van der Waals surface area (Å²) in [5, 5.41) is 3.29. The Hall–Kier alpha value is -1.94. The van der Waals surface area contributed by atoms with Gasteiger partial charge in [-0.25, -0.2) is 4.39 Å². The van der Waals surface area contributed by atoms with Gasteiger partial charge in [-0.3, -0.25) is 4.98 Å². The predicted octanol–water partition coefficient (Wildman–Crippen LogP) is 3.24. The second-order valence-electron chi connectivity index (χ2n) is 4.56. The molecule has 1 unspecified atom stereocenters. The number of aryl methyl sites for hydroxylation is 1. The minimum absolute atomic E-state index is 0.249. The van der Waals surface area contributed by atoms with Crippen molar-refractivity contribution >= 4 is 0 Å². The summed E-state index contributed by atoms with van der Waals surface area (Å²) in [5.41, 5.74) is 2.41. The van der Waals surface area contributed by atoms with Crippen molar-refractivity contribution in [2.45, 2.75) is 19.9 Å². The Balaban J connectivity index is 2.52. The fraction of sp³-hybridized carbons (Fsp3) is 0.312. The van der Waals surface area contributed by atoms with E-state index < -0.39 is 0 Å². The third kappa shape index (κ3) is 2.80. The van der Waals surface area contributed by atoms with Gasteiger partial charge in [0.25, 0.3) is 0 Å². The highest BCUT2D eigenvalue weighted by molar-refractivity contribution is 5.38. The van der Waals surface area contributed by atoms with Crippen LogP contribution in [0.5, 0.6) is 5.75 Å². The molecule has 2 aromatic rings. The topological polar surface area (TPSA) is 34.1 Å². The molecule has 0 saturated carbocycles. The Bertz CT molecular complexity index is 586. The van der Waals surface area contributed by atoms with Crippen LogP contribution in [-0.2, 0) is 0 Å². The van der Waals surface area contributed by atoms with Crippen LogP contribution in [0.1, 0.15) is 29.8 Å². The molecule has 0 aliphatic heterocycles. The fourth-order valence-corrected chi connectivity index (χ4v) is 2.27. The van der Waals surface area contributed by atoms with Gasteiger partial charge in [0.2, 0.25) is 0 Å². The summed E-state index contributed by atoms with van der Waals surface area (Å²) < 4.78 is 19.5. The van der Waals surface area contributed by atoms with Gasteiger partial charge in [0.05, 0.1) is 18.8 Å². The molecule has 0 amide bonds. The van der Waals surface area contributed by atoms with E-state index in [0.29, 0.717) is 5.56 Å². The molecular formula is C16H19FN2O. The van der Waals surface area contributed by atoms with E-state index in [1.54, 1.807) is 24.4 Å². The Labute approximate surface area is 118 Å². The molecule has 0 saturated heterocycles. The number of nitrogens with one attached hydrogen (secondary N) is 1. The molecule has 0 spiro atoms. The molecule has 1 heterocycles. The normalized spacial score (nSPS) is 12.2. The summed E-state index contributed by atoms with van der Waals surface area (Å²) in [5.74, 6) is -0.0926. The van der Waals surface area contributed by atoms with Crippen molar-refractivity contribution < 1.29 is 9.13 Å². The Kier molecular flexibility index (Phi) is 4.69. The molecule has 20 heavy (non-hydrogen) atoms. The number of halogens is 1. The van der Waals surface area contributed by atoms with Crippen LogP contribution >= 0.6 is 0 Å². The average molecular weight is 274 g/mol. The van der Waals surface area contributed by atoms with Crippen molar-refractivity contribution in [2.24, 2.45) is 0 Å². The van der Waals surface area contributed by atoms with Gasteiger partial charge in [-0.1, -0.05) is 25.1 Å². The van der Waals surface area contributed by atoms with Crippen LogP contribution in [0, 0.1) is 12.7 Å². The molecular weight excluding hydrogens is 255 g/mol. The van der Waals surface area contributed by atoms with Crippen LogP contribution in [0.3, 0.4) is 0 Å². The first-order chi connectivity index (χ1) is 9.69. The van der Waals surface area contributed by atoms with E-state index in [2.05, 4.69) is 10.3 Å². The lowest BCUT2D eigenvalue weighted by molar-refractivity contribution is 0.381. The lowest BCUT2D eigenvalue weighted by atomic mass is 9.99. The Morgan fingerprint density at radius 1 is 1.30 bits per heavy atom. The van der Waals surface area contributed by atoms with Crippen LogP contribution in [0.2, 0.25) is 0 Å². The fourth-order valence-electron chi connectivity index (χ4n) is 2.27. The lowest BCUT2D eigenvalue weighted by Gasteiger charge is -2.21. The van der Waals surface area contributed by atoms with E-state index in [1.807, 2.05) is 26.0 Å². The van der Waals surface area contributed by atoms with Gasteiger partial charge in [0.15, 0.2) is 11.6 Å². The monoisotopic (exact) mass is 274 g/mol. The maximum absolute atomic E-state index is 14.5. The van der Waals surface area contributed by atoms with Crippen molar-refractivity contribution in [3.8, 4) is 5.75 Å². The molecule has 0 aliphatic rings. The lowest BCUT2D eigenvalue weighted by Crippen LogP contribution is -2.24. The van der Waals surface area contributed by atoms with E-state index in [-0.39, 0.29) is 17.6 Å². The van der Waals surface area contributed by atoms with E-state index in [9.17, 15) is 4.39 Å². The summed E-state index contributed by atoms with van der Waals surface area (Å²) in [4.78, 5) is 4.40. The maximum Gasteiger partial charge on any atom is 0.170 e. The molecule has 1 aromatic carbocycles. The van der Waals surface area contributed by atoms with Crippen LogP contribution in [0.25, 0.3) is 0 Å². The number of hydrogen-bond acceptors (Lipinski definition) is 3. The Morgan fingerprint density at radius 3 is 2.75 bits per heavy atom. The van der Waals surface area contributed by atoms with Crippen molar-refractivity contribution in [3.05, 3.63) is 59.2 Å². The number of rotatable bonds is 5. The summed E-state index contributed by atoms with van der Waals surface area (Å²) in [7, 11) is 1.47. The number of ether oxygens (including phenoxy) is 1. The molecule has 3 nitrogen and oxygen atoms in total. The van der Waals surface area contributed by atoms with Gasteiger partial charge in [-0.05, 0) is 31.2 Å². The first kappa shape index (κ1) is 14.5. The molecule has 1 atom stereocenters. The molecule has 4 heteroatoms. The standard InChI is InChI=1S/C16H19FN2O/c1-4-18-16(15-11(2)7-6-10-19-15)12-8-5-9-13(20-3)14(12)17/h5-10,16,18H,4H2,1-3H3. The first-order valence-corrected chi connectivity index (χ1v) is 6.66. The molecule has 1 aromatic heterocycles. The number of benzene rings is 1. The third-order valence-corrected chi connectivity index (χ3v) is 3.26. The molecule has 0 fully saturated rings. The van der Waals surface area contributed by atoms with Crippen molar-refractivity contribution in [3.63, 3.8) is 0 Å². The smallest absolute Gasteiger partial charge is 0.170 e. The van der Waals surface area contributed by atoms with E-state index in [4.69, 9.17) is 4.74 Å². The zero-order valence-corrected chi connectivity index (χ0v) is 12.0. The molecule has 2 rings (SSSR count). The second-order valence-corrected chi connectivity index (χ2v) is 4.56. The summed E-state index contributed by atoms with van der Waals surface area (Å²) >= 11 is 0. The minimum Gasteiger partial charge on any atom is -0.494 e. The highest BCUT2D eigenvalue weighted by atomic mass is 19.1. The van der Waals surface area contributed by atoms with E-state index in [0.717, 1.165) is 17.8 Å². The zero-order chi connectivity index (χ0) is 14.5. The molecule has 106 valence electrons. The number of pyridine rings is 1. The summed E-state index contributed by atoms with van der Waals surface area (Å²) in [6, 6.07) is 8.75. The van der Waals surface area contributed by atoms with Gasteiger partial charge >= 0.3 is 0 Å². The summed E-state index contributed by atoms with van der Waals surface area (Å²) in [6.07, 6.45) is 1.73. The predicted molar refractivity (Wildman–Crippen MR) is 77.4 cm³/mol. The number of aromatic nitrogens is 1. The van der Waals surface area contributed by atoms with E-state index in [1.165, 1.54) is 7.11 Å². The summed E-state index contributed by atoms with van der Waals surface area (Å²) in [6.45, 7) is 4.69.